The van der Waals surface area contributed by atoms with Crippen molar-refractivity contribution >= 4 is 5.65 Å². The Bertz CT molecular complexity index is 1100. The van der Waals surface area contributed by atoms with E-state index in [0.29, 0.717) is 24.0 Å². The Balaban J connectivity index is 1.43. The third-order valence-corrected chi connectivity index (χ3v) is 5.57. The number of aromatic nitrogens is 3. The van der Waals surface area contributed by atoms with Crippen molar-refractivity contribution in [2.45, 2.75) is 25.4 Å². The van der Waals surface area contributed by atoms with Crippen LogP contribution < -0.4 is 11.1 Å². The number of fused-ring (bicyclic) bond motifs is 5. The summed E-state index contributed by atoms with van der Waals surface area (Å²) in [5.74, 6) is 0.848. The summed E-state index contributed by atoms with van der Waals surface area (Å²) >= 11 is 0. The molecule has 6 nitrogen and oxygen atoms in total. The molecule has 2 bridgehead atoms. The highest BCUT2D eigenvalue weighted by Crippen LogP contribution is 2.35. The Morgan fingerprint density at radius 3 is 2.85 bits per heavy atom. The van der Waals surface area contributed by atoms with Gasteiger partial charge < -0.3 is 4.57 Å². The molecule has 1 saturated heterocycles. The second-order valence-corrected chi connectivity index (χ2v) is 7.41. The maximum absolute atomic E-state index is 12.3. The van der Waals surface area contributed by atoms with Crippen LogP contribution in [0.2, 0.25) is 0 Å². The highest BCUT2D eigenvalue weighted by molar-refractivity contribution is 5.38. The van der Waals surface area contributed by atoms with E-state index in [4.69, 9.17) is 0 Å². The molecule has 0 radical (unpaired) electrons. The summed E-state index contributed by atoms with van der Waals surface area (Å²) in [7, 11) is 0. The lowest BCUT2D eigenvalue weighted by Crippen LogP contribution is -2.46. The van der Waals surface area contributed by atoms with Crippen LogP contribution in [0.25, 0.3) is 5.65 Å². The number of piperidine rings is 1. The van der Waals surface area contributed by atoms with Crippen molar-refractivity contribution in [2.24, 2.45) is 5.92 Å². The van der Waals surface area contributed by atoms with E-state index in [1.165, 1.54) is 0 Å². The van der Waals surface area contributed by atoms with Crippen LogP contribution in [0.15, 0.2) is 58.3 Å². The normalized spacial score (nSPS) is 22.3. The van der Waals surface area contributed by atoms with Gasteiger partial charge in [0, 0.05) is 56.1 Å². The van der Waals surface area contributed by atoms with E-state index in [9.17, 15) is 9.59 Å². The first-order chi connectivity index (χ1) is 12.7. The standard InChI is InChI=1S/C20H20N4O2/c25-19-6-3-4-17-15-8-14(11-24(17)19)10-22(12-15)13-16-9-20(26)23-7-2-1-5-18(23)21-16/h1-7,9,14-15H,8,10-13H2/t14-,15-/m0/s1. The van der Waals surface area contributed by atoms with Gasteiger partial charge in [-0.2, -0.15) is 0 Å². The van der Waals surface area contributed by atoms with E-state index in [1.807, 2.05) is 28.8 Å². The monoisotopic (exact) mass is 348 g/mol. The van der Waals surface area contributed by atoms with Crippen molar-refractivity contribution in [3.8, 4) is 0 Å². The van der Waals surface area contributed by atoms with Crippen LogP contribution in [0.3, 0.4) is 0 Å². The van der Waals surface area contributed by atoms with Crippen LogP contribution >= 0.6 is 0 Å². The highest BCUT2D eigenvalue weighted by atomic mass is 16.1. The van der Waals surface area contributed by atoms with Crippen molar-refractivity contribution in [1.82, 2.24) is 18.9 Å². The zero-order chi connectivity index (χ0) is 17.7. The van der Waals surface area contributed by atoms with Gasteiger partial charge in [0.2, 0.25) is 0 Å². The first-order valence-corrected chi connectivity index (χ1v) is 9.07. The summed E-state index contributed by atoms with van der Waals surface area (Å²) in [6.45, 7) is 3.30. The Labute approximate surface area is 150 Å². The molecule has 0 aromatic carbocycles. The van der Waals surface area contributed by atoms with Gasteiger partial charge in [0.1, 0.15) is 5.65 Å². The number of likely N-dealkylation sites (tertiary alicyclic amines) is 1. The first-order valence-electron chi connectivity index (χ1n) is 9.07. The third kappa shape index (κ3) is 2.57. The van der Waals surface area contributed by atoms with Crippen LogP contribution in [0.1, 0.15) is 23.7 Å². The van der Waals surface area contributed by atoms with Gasteiger partial charge >= 0.3 is 0 Å². The lowest BCUT2D eigenvalue weighted by molar-refractivity contribution is 0.113. The van der Waals surface area contributed by atoms with E-state index in [-0.39, 0.29) is 11.1 Å². The molecule has 2 aliphatic heterocycles. The molecule has 0 amide bonds. The minimum absolute atomic E-state index is 0.0419. The van der Waals surface area contributed by atoms with Gasteiger partial charge in [0.05, 0.1) is 5.69 Å². The fraction of sp³-hybridized carbons (Fsp3) is 0.350. The molecular weight excluding hydrogens is 328 g/mol. The van der Waals surface area contributed by atoms with E-state index in [1.54, 1.807) is 22.7 Å². The molecule has 26 heavy (non-hydrogen) atoms. The van der Waals surface area contributed by atoms with Gasteiger partial charge in [0.25, 0.3) is 11.1 Å². The van der Waals surface area contributed by atoms with Crippen molar-refractivity contribution in [3.05, 3.63) is 80.8 Å². The average Bonchev–Trinajstić information content (AvgIpc) is 2.63. The van der Waals surface area contributed by atoms with Gasteiger partial charge in [-0.1, -0.05) is 12.1 Å². The quantitative estimate of drug-likeness (QED) is 0.704. The van der Waals surface area contributed by atoms with Crippen LogP contribution in [0, 0.1) is 5.92 Å². The summed E-state index contributed by atoms with van der Waals surface area (Å²) in [5, 5.41) is 0. The molecule has 132 valence electrons. The maximum Gasteiger partial charge on any atom is 0.258 e. The summed E-state index contributed by atoms with van der Waals surface area (Å²) in [4.78, 5) is 31.5. The van der Waals surface area contributed by atoms with Gasteiger partial charge in [-0.25, -0.2) is 4.98 Å². The van der Waals surface area contributed by atoms with Gasteiger partial charge in [-0.05, 0) is 30.5 Å². The fourth-order valence-electron chi connectivity index (χ4n) is 4.54. The smallest absolute Gasteiger partial charge is 0.258 e. The lowest BCUT2D eigenvalue weighted by atomic mass is 9.83. The largest absolute Gasteiger partial charge is 0.312 e. The van der Waals surface area contributed by atoms with Crippen molar-refractivity contribution in [3.63, 3.8) is 0 Å². The minimum atomic E-state index is -0.0419. The van der Waals surface area contributed by atoms with Gasteiger partial charge in [-0.15, -0.1) is 0 Å². The zero-order valence-electron chi connectivity index (χ0n) is 14.4. The number of pyridine rings is 2. The van der Waals surface area contributed by atoms with Crippen molar-refractivity contribution in [2.75, 3.05) is 13.1 Å². The molecule has 0 unspecified atom stereocenters. The van der Waals surface area contributed by atoms with E-state index < -0.39 is 0 Å². The number of hydrogen-bond acceptors (Lipinski definition) is 4. The molecule has 0 saturated carbocycles. The van der Waals surface area contributed by atoms with E-state index in [0.717, 1.165) is 37.4 Å². The molecule has 5 heterocycles. The molecule has 1 fully saturated rings. The topological polar surface area (TPSA) is 59.6 Å². The predicted octanol–water partition coefficient (Wildman–Crippen LogP) is 1.48. The second-order valence-electron chi connectivity index (χ2n) is 7.41. The van der Waals surface area contributed by atoms with Crippen LogP contribution in [-0.2, 0) is 13.1 Å². The van der Waals surface area contributed by atoms with Crippen LogP contribution in [0.4, 0.5) is 0 Å². The molecular formula is C20H20N4O2. The Kier molecular flexibility index (Phi) is 3.53. The SMILES string of the molecule is O=c1cccc2n1C[C@H]1C[C@H]2CN(Cc2cc(=O)n3ccccc3n2)C1. The molecule has 2 aliphatic rings. The molecule has 6 heteroatoms. The van der Waals surface area contributed by atoms with Crippen molar-refractivity contribution < 1.29 is 0 Å². The molecule has 5 rings (SSSR count). The number of hydrogen-bond donors (Lipinski definition) is 0. The maximum atomic E-state index is 12.3. The van der Waals surface area contributed by atoms with Gasteiger partial charge in [-0.3, -0.25) is 18.9 Å². The minimum Gasteiger partial charge on any atom is -0.312 e. The Morgan fingerprint density at radius 2 is 1.92 bits per heavy atom. The van der Waals surface area contributed by atoms with E-state index >= 15 is 0 Å². The molecule has 3 aromatic heterocycles. The number of rotatable bonds is 2. The van der Waals surface area contributed by atoms with Crippen LogP contribution in [0.5, 0.6) is 0 Å². The summed E-state index contributed by atoms with van der Waals surface area (Å²) in [6, 6.07) is 12.8. The number of nitrogens with zero attached hydrogens (tertiary/aromatic N) is 4. The molecule has 2 atom stereocenters. The molecule has 3 aromatic rings. The van der Waals surface area contributed by atoms with Gasteiger partial charge in [0.15, 0.2) is 0 Å². The van der Waals surface area contributed by atoms with E-state index in [2.05, 4.69) is 16.0 Å². The zero-order valence-corrected chi connectivity index (χ0v) is 14.4. The molecule has 0 aliphatic carbocycles. The lowest BCUT2D eigenvalue weighted by Gasteiger charge is -2.42. The summed E-state index contributed by atoms with van der Waals surface area (Å²) in [6.07, 6.45) is 2.88. The second kappa shape index (κ2) is 5.92. The van der Waals surface area contributed by atoms with Crippen LogP contribution in [-0.4, -0.2) is 31.9 Å². The van der Waals surface area contributed by atoms with Crippen molar-refractivity contribution in [1.29, 1.82) is 0 Å². The summed E-state index contributed by atoms with van der Waals surface area (Å²) in [5.41, 5.74) is 2.70. The fourth-order valence-corrected chi connectivity index (χ4v) is 4.54. The third-order valence-electron chi connectivity index (χ3n) is 5.57. The predicted molar refractivity (Wildman–Crippen MR) is 98.3 cm³/mol. The average molecular weight is 348 g/mol. The summed E-state index contributed by atoms with van der Waals surface area (Å²) < 4.78 is 3.51. The molecule has 0 N–H and O–H groups in total. The molecule has 0 spiro atoms. The first kappa shape index (κ1) is 15.5. The highest BCUT2D eigenvalue weighted by Gasteiger charge is 2.34. The Morgan fingerprint density at radius 1 is 1.00 bits per heavy atom. The Hall–Kier alpha value is -2.73.